The number of carbonyl (C=O) groups is 12. The highest BCUT2D eigenvalue weighted by molar-refractivity contribution is 8.76. The van der Waals surface area contributed by atoms with Crippen LogP contribution in [0.5, 0.6) is 0 Å². The first-order chi connectivity index (χ1) is 51.0. The van der Waals surface area contributed by atoms with E-state index in [1.54, 1.807) is 20.8 Å². The lowest BCUT2D eigenvalue weighted by molar-refractivity contribution is -0.155. The number of nitrogens with zero attached hydrogens (tertiary/aromatic N) is 5. The minimum atomic E-state index is -2.00. The maximum atomic E-state index is 14.0. The van der Waals surface area contributed by atoms with E-state index in [4.69, 9.17) is 31.1 Å². The molecule has 38 nitrogen and oxygen atoms in total. The number of nitrogens with one attached hydrogen (secondary N) is 9. The molecule has 0 saturated carbocycles. The Kier molecular flexibility index (Phi) is 33.2. The van der Waals surface area contributed by atoms with Gasteiger partial charge in [-0.3, -0.25) is 63.2 Å². The second-order valence-electron chi connectivity index (χ2n) is 26.5. The smallest absolute Gasteiger partial charge is 0.481 e. The first-order valence-corrected chi connectivity index (χ1v) is 37.7. The fraction of sp³-hybridized carbons (Fsp3) is 0.552. The van der Waals surface area contributed by atoms with Crippen molar-refractivity contribution in [2.75, 3.05) is 48.9 Å². The summed E-state index contributed by atoms with van der Waals surface area (Å²) in [5.41, 5.74) is 11.2. The number of ketones is 1. The number of amides is 5. The van der Waals surface area contributed by atoms with Crippen LogP contribution in [0.15, 0.2) is 46.2 Å². The number of aliphatic hydroxyl groups is 2. The van der Waals surface area contributed by atoms with Crippen molar-refractivity contribution in [3.63, 3.8) is 0 Å². The van der Waals surface area contributed by atoms with Gasteiger partial charge in [-0.25, -0.2) is 29.3 Å². The van der Waals surface area contributed by atoms with Gasteiger partial charge in [-0.15, -0.1) is 11.3 Å². The largest absolute Gasteiger partial charge is 0.508 e. The van der Waals surface area contributed by atoms with Gasteiger partial charge < -0.3 is 93.5 Å². The van der Waals surface area contributed by atoms with Crippen molar-refractivity contribution in [2.24, 2.45) is 23.0 Å². The Morgan fingerprint density at radius 3 is 2.10 bits per heavy atom. The molecule has 0 radical (unpaired) electrons. The third-order valence-corrected chi connectivity index (χ3v) is 21.0. The predicted molar refractivity (Wildman–Crippen MR) is 392 cm³/mol. The highest BCUT2D eigenvalue weighted by Crippen LogP contribution is 2.39. The molecule has 3 aromatic heterocycles. The average Bonchev–Trinajstić information content (AvgIpc) is 1.61. The molecular weight excluding hydrogens is 1480 g/mol. The first kappa shape index (κ1) is 86.8. The van der Waals surface area contributed by atoms with Crippen LogP contribution in [0.3, 0.4) is 0 Å². The van der Waals surface area contributed by atoms with E-state index in [0.29, 0.717) is 48.3 Å². The number of cyclic esters (lactones) is 1. The van der Waals surface area contributed by atoms with E-state index >= 15 is 0 Å². The molecule has 0 aliphatic carbocycles. The molecule has 5 amide bonds. The fourth-order valence-corrected chi connectivity index (χ4v) is 14.3. The van der Waals surface area contributed by atoms with E-state index in [2.05, 4.69) is 67.0 Å². The second-order valence-corrected chi connectivity index (χ2v) is 30.1. The van der Waals surface area contributed by atoms with E-state index in [1.165, 1.54) is 41.8 Å². The molecule has 4 aromatic rings. The van der Waals surface area contributed by atoms with Gasteiger partial charge in [0.15, 0.2) is 17.1 Å². The lowest BCUT2D eigenvalue weighted by atomic mass is 9.73. The minimum Gasteiger partial charge on any atom is -0.481 e. The van der Waals surface area contributed by atoms with Gasteiger partial charge in [0, 0.05) is 72.1 Å². The van der Waals surface area contributed by atoms with E-state index in [0.717, 1.165) is 26.6 Å². The molecule has 590 valence electrons. The number of nitrogen functional groups attached to an aromatic ring is 1. The van der Waals surface area contributed by atoms with Crippen molar-refractivity contribution in [3.8, 4) is 0 Å². The summed E-state index contributed by atoms with van der Waals surface area (Å²) in [4.78, 5) is 190. The van der Waals surface area contributed by atoms with Gasteiger partial charge >= 0.3 is 36.0 Å². The van der Waals surface area contributed by atoms with Gasteiger partial charge in [-0.1, -0.05) is 55.7 Å². The highest BCUT2D eigenvalue weighted by atomic mass is 33.1. The molecule has 0 spiro atoms. The summed E-state index contributed by atoms with van der Waals surface area (Å²) in [6.45, 7) is 10.2. The SMILES string of the molecule is C/C(=C\c1csc(C)n1)[C@@H]1C[C@H]2[C@@H](CCCC(C)[C@H](O)C(C)C(=O)C(C)(C)C(O)CC(=O)O1)N2CCOC(=O)OCCSSCC(NC(=O)[C@H](CC(=O)O)NC(=O)C(CCCNC(=N)N)NC(=O)[C@H](CC(=O)O)NC(=O)CC[C@H](NC(=O)c1ccc(NCc2cnc3nc(N)[nH]c(=O)c3n2)cc1)C(=O)O)C(=O)O. The van der Waals surface area contributed by atoms with Gasteiger partial charge in [0.1, 0.15) is 55.3 Å². The average molecular weight is 1570 g/mol. The number of guanidine groups is 1. The van der Waals surface area contributed by atoms with Gasteiger partial charge in [-0.05, 0) is 87.8 Å². The van der Waals surface area contributed by atoms with Crippen molar-refractivity contribution < 1.29 is 102 Å². The lowest BCUT2D eigenvalue weighted by Crippen LogP contribution is -2.58. The normalized spacial score (nSPS) is 20.9. The van der Waals surface area contributed by atoms with Crippen LogP contribution in [0.4, 0.5) is 16.4 Å². The summed E-state index contributed by atoms with van der Waals surface area (Å²) < 4.78 is 16.7. The number of Topliss-reactive ketones (excluding diaryl/α,β-unsaturated/α-hetero) is 1. The van der Waals surface area contributed by atoms with Gasteiger partial charge in [-0.2, -0.15) is 4.98 Å². The number of nitrogens with two attached hydrogens (primary N) is 2. The zero-order valence-electron chi connectivity index (χ0n) is 60.0. The molecule has 2 aliphatic rings. The number of hydrogen-bond donors (Lipinski definition) is 17. The lowest BCUT2D eigenvalue weighted by Gasteiger charge is -2.34. The van der Waals surface area contributed by atoms with Crippen LogP contribution in [0, 0.1) is 29.6 Å². The van der Waals surface area contributed by atoms with E-state index in [-0.39, 0.29) is 104 Å². The Balaban J connectivity index is 0.984. The Labute approximate surface area is 630 Å². The number of thiazole rings is 1. The molecule has 19 N–H and O–H groups in total. The number of aryl methyl sites for hydroxylation is 1. The molecule has 41 heteroatoms. The molecule has 6 rings (SSSR count). The van der Waals surface area contributed by atoms with Crippen LogP contribution in [0.25, 0.3) is 17.2 Å². The Bertz CT molecular complexity index is 4000. The molecule has 6 unspecified atom stereocenters. The number of aromatic amines is 1. The molecule has 2 fully saturated rings. The van der Waals surface area contributed by atoms with Gasteiger partial charge in [0.05, 0.1) is 66.0 Å². The molecule has 2 aliphatic heterocycles. The first-order valence-electron chi connectivity index (χ1n) is 34.3. The number of H-pyrrole nitrogens is 1. The third kappa shape index (κ3) is 27.3. The number of carbonyl (C=O) groups excluding carboxylic acids is 8. The number of hydrogen-bond acceptors (Lipinski definition) is 29. The Morgan fingerprint density at radius 1 is 0.824 bits per heavy atom. The Morgan fingerprint density at radius 2 is 1.46 bits per heavy atom. The van der Waals surface area contributed by atoms with Crippen molar-refractivity contribution in [1.29, 1.82) is 5.41 Å². The number of esters is 1. The van der Waals surface area contributed by atoms with E-state index in [9.17, 15) is 93.0 Å². The van der Waals surface area contributed by atoms with Crippen molar-refractivity contribution in [2.45, 2.75) is 179 Å². The number of carboxylic acids is 4. The van der Waals surface area contributed by atoms with E-state index in [1.807, 2.05) is 32.2 Å². The van der Waals surface area contributed by atoms with Crippen LogP contribution >= 0.6 is 32.9 Å². The number of aliphatic carboxylic acids is 4. The zero-order chi connectivity index (χ0) is 79.7. The second kappa shape index (κ2) is 41.3. The van der Waals surface area contributed by atoms with E-state index < -0.39 is 169 Å². The molecule has 108 heavy (non-hydrogen) atoms. The highest BCUT2D eigenvalue weighted by Gasteiger charge is 2.49. The number of ether oxygens (including phenoxy) is 3. The summed E-state index contributed by atoms with van der Waals surface area (Å²) in [5.74, 6) is -15.3. The van der Waals surface area contributed by atoms with Crippen LogP contribution in [-0.2, 0) is 68.7 Å². The molecular formula is C67H92N16O22S3. The summed E-state index contributed by atoms with van der Waals surface area (Å²) in [6, 6.07) is -3.59. The number of rotatable bonds is 36. The van der Waals surface area contributed by atoms with Crippen molar-refractivity contribution >= 4 is 139 Å². The van der Waals surface area contributed by atoms with Crippen LogP contribution < -0.4 is 54.2 Å². The number of benzene rings is 1. The van der Waals surface area contributed by atoms with Gasteiger partial charge in [0.25, 0.3) is 11.5 Å². The fourth-order valence-electron chi connectivity index (χ4n) is 11.7. The summed E-state index contributed by atoms with van der Waals surface area (Å²) in [7, 11) is 1.95. The number of aromatic nitrogens is 5. The molecule has 5 heterocycles. The zero-order valence-corrected chi connectivity index (χ0v) is 62.5. The summed E-state index contributed by atoms with van der Waals surface area (Å²) in [5, 5.41) is 88.9. The Hall–Kier alpha value is -10.1. The summed E-state index contributed by atoms with van der Waals surface area (Å²) in [6.07, 6.45) is -3.15. The minimum absolute atomic E-state index is 0.000406. The number of anilines is 2. The van der Waals surface area contributed by atoms with Crippen molar-refractivity contribution in [1.82, 2.24) is 61.7 Å². The molecule has 0 bridgehead atoms. The van der Waals surface area contributed by atoms with Crippen molar-refractivity contribution in [3.05, 3.63) is 73.7 Å². The maximum Gasteiger partial charge on any atom is 0.508 e. The topological polar surface area (TPSA) is 601 Å². The van der Waals surface area contributed by atoms with Gasteiger partial charge in [0.2, 0.25) is 29.6 Å². The van der Waals surface area contributed by atoms with Crippen LogP contribution in [0.2, 0.25) is 0 Å². The number of fused-ring (bicyclic) bond motifs is 2. The molecule has 2 saturated heterocycles. The summed E-state index contributed by atoms with van der Waals surface area (Å²) >= 11 is 1.45. The van der Waals surface area contributed by atoms with Crippen LogP contribution in [0.1, 0.15) is 132 Å². The third-order valence-electron chi connectivity index (χ3n) is 17.9. The standard InChI is InChI=1S/C67H92N16O22S3/c1-32-9-7-11-45-46(26-47(33(2)23-38-30-106-35(4)74-38)105-52(90)27-48(84)67(5,6)55(92)34(3)54(32)91)83(45)19-20-103-66(102)104-21-22-107-108-31-44(63(100)101)80-60(96)43(25-51(88)89)79-58(94)40(10-8-18-71-64(68)69)77-59(95)42(24-50(86)87)76-49(85)17-16-41(62(98)99)78-57(93)36-12-14-37(15-13-36)72-28-39-29-73-56-53(75-39)61(97)82-65(70)81-56/h12-15,23,29-30,32,34,40-48,54,72,84,91H,7-11,16-22,24-28,31H2,1-6H3,(H,76,85)(H,77,95)(H,78,93)(H,79,94)(H,80,96)(H,86,87)(H,88,89)(H,98,99)(H,100,101)(H4,68,69,71)(H3,70,73,81,82,97)/b33-23+/t32?,34?,40?,41-,42-,43-,44?,45+,46-,47-,48?,54-,83?/m0/s1. The predicted octanol–water partition coefficient (Wildman–Crippen LogP) is 1.03. The number of carboxylic acid groups (broad SMARTS) is 4. The quantitative estimate of drug-likeness (QED) is 0.00755. The maximum absolute atomic E-state index is 14.0. The van der Waals surface area contributed by atoms with Crippen LogP contribution in [-0.4, -0.2) is 236 Å². The monoisotopic (exact) mass is 1570 g/mol. The molecule has 13 atom stereocenters. The number of aliphatic hydroxyl groups excluding tert-OH is 2. The molecule has 1 aromatic carbocycles.